The van der Waals surface area contributed by atoms with Crippen molar-refractivity contribution in [3.8, 4) is 0 Å². The highest BCUT2D eigenvalue weighted by molar-refractivity contribution is 5.45. The number of alkyl halides is 3. The summed E-state index contributed by atoms with van der Waals surface area (Å²) in [6, 6.07) is 0. The molecule has 1 rings (SSSR count). The average molecular weight is 188 g/mol. The first-order valence-corrected chi connectivity index (χ1v) is 3.56. The van der Waals surface area contributed by atoms with E-state index in [2.05, 4.69) is 9.97 Å². The highest BCUT2D eigenvalue weighted by atomic mass is 19.4. The van der Waals surface area contributed by atoms with Crippen LogP contribution in [-0.2, 0) is 6.18 Å². The summed E-state index contributed by atoms with van der Waals surface area (Å²) in [6.45, 7) is 1.76. The Morgan fingerprint density at radius 2 is 1.77 bits per heavy atom. The fraction of sp³-hybridized carbons (Fsp3) is 0.250. The molecule has 0 aliphatic heterocycles. The Kier molecular flexibility index (Phi) is 2.65. The van der Waals surface area contributed by atoms with Gasteiger partial charge in [-0.15, -0.1) is 0 Å². The van der Waals surface area contributed by atoms with Gasteiger partial charge in [-0.05, 0) is 6.92 Å². The van der Waals surface area contributed by atoms with E-state index in [0.29, 0.717) is 5.56 Å². The fourth-order valence-electron chi connectivity index (χ4n) is 0.763. The van der Waals surface area contributed by atoms with Gasteiger partial charge in [0.25, 0.3) is 0 Å². The summed E-state index contributed by atoms with van der Waals surface area (Å²) in [7, 11) is 0. The van der Waals surface area contributed by atoms with Gasteiger partial charge in [-0.1, -0.05) is 12.2 Å². The molecular formula is C8H7F3N2. The quantitative estimate of drug-likeness (QED) is 0.676. The molecule has 1 heterocycles. The Morgan fingerprint density at radius 1 is 1.23 bits per heavy atom. The van der Waals surface area contributed by atoms with Crippen molar-refractivity contribution in [2.24, 2.45) is 0 Å². The van der Waals surface area contributed by atoms with Gasteiger partial charge in [0.05, 0.1) is 0 Å². The van der Waals surface area contributed by atoms with E-state index in [4.69, 9.17) is 0 Å². The standard InChI is InChI=1S/C8H7F3N2/c1-2-3-6-4-12-7(13-5-6)8(9,10)11/h2-5H,1H3/b3-2+. The molecule has 70 valence electrons. The third-order valence-corrected chi connectivity index (χ3v) is 1.28. The van der Waals surface area contributed by atoms with E-state index in [1.807, 2.05) is 0 Å². The maximum Gasteiger partial charge on any atom is 0.451 e. The molecule has 0 fully saturated rings. The van der Waals surface area contributed by atoms with Crippen LogP contribution in [0.2, 0.25) is 0 Å². The zero-order chi connectivity index (χ0) is 9.90. The monoisotopic (exact) mass is 188 g/mol. The van der Waals surface area contributed by atoms with Gasteiger partial charge < -0.3 is 0 Å². The maximum absolute atomic E-state index is 12.0. The summed E-state index contributed by atoms with van der Waals surface area (Å²) in [4.78, 5) is 6.36. The maximum atomic E-state index is 12.0. The molecule has 1 aromatic heterocycles. The van der Waals surface area contributed by atoms with Gasteiger partial charge in [0.15, 0.2) is 0 Å². The molecule has 0 radical (unpaired) electrons. The van der Waals surface area contributed by atoms with Crippen LogP contribution in [0.1, 0.15) is 18.3 Å². The van der Waals surface area contributed by atoms with Gasteiger partial charge in [-0.25, -0.2) is 9.97 Å². The Labute approximate surface area is 73.1 Å². The molecule has 2 nitrogen and oxygen atoms in total. The van der Waals surface area contributed by atoms with Crippen molar-refractivity contribution in [3.63, 3.8) is 0 Å². The highest BCUT2D eigenvalue weighted by Crippen LogP contribution is 2.25. The molecule has 0 bridgehead atoms. The lowest BCUT2D eigenvalue weighted by atomic mass is 10.3. The third-order valence-electron chi connectivity index (χ3n) is 1.28. The predicted octanol–water partition coefficient (Wildman–Crippen LogP) is 2.53. The van der Waals surface area contributed by atoms with E-state index in [1.165, 1.54) is 0 Å². The molecule has 0 saturated heterocycles. The molecule has 5 heteroatoms. The molecule has 0 saturated carbocycles. The first kappa shape index (κ1) is 9.70. The van der Waals surface area contributed by atoms with Gasteiger partial charge in [0.1, 0.15) is 0 Å². The second kappa shape index (κ2) is 3.55. The van der Waals surface area contributed by atoms with Crippen molar-refractivity contribution in [2.45, 2.75) is 13.1 Å². The molecule has 0 unspecified atom stereocenters. The fourth-order valence-corrected chi connectivity index (χ4v) is 0.763. The normalized spacial score (nSPS) is 12.3. The summed E-state index contributed by atoms with van der Waals surface area (Å²) >= 11 is 0. The number of aromatic nitrogens is 2. The van der Waals surface area contributed by atoms with Gasteiger partial charge in [-0.3, -0.25) is 0 Å². The zero-order valence-electron chi connectivity index (χ0n) is 6.84. The Bertz CT molecular complexity index is 300. The van der Waals surface area contributed by atoms with Gasteiger partial charge in [0.2, 0.25) is 5.82 Å². The van der Waals surface area contributed by atoms with E-state index in [-0.39, 0.29) is 0 Å². The Morgan fingerprint density at radius 3 is 2.15 bits per heavy atom. The van der Waals surface area contributed by atoms with Crippen LogP contribution >= 0.6 is 0 Å². The number of halogens is 3. The van der Waals surface area contributed by atoms with Gasteiger partial charge >= 0.3 is 6.18 Å². The first-order chi connectivity index (χ1) is 6.04. The van der Waals surface area contributed by atoms with Crippen molar-refractivity contribution in [2.75, 3.05) is 0 Å². The van der Waals surface area contributed by atoms with Crippen LogP contribution in [0.15, 0.2) is 18.5 Å². The summed E-state index contributed by atoms with van der Waals surface area (Å²) in [5, 5.41) is 0. The van der Waals surface area contributed by atoms with Crippen molar-refractivity contribution in [3.05, 3.63) is 29.9 Å². The van der Waals surface area contributed by atoms with Gasteiger partial charge in [-0.2, -0.15) is 13.2 Å². The molecule has 0 aromatic carbocycles. The van der Waals surface area contributed by atoms with Crippen LogP contribution in [0.3, 0.4) is 0 Å². The molecule has 0 spiro atoms. The lowest BCUT2D eigenvalue weighted by Crippen LogP contribution is -2.10. The van der Waals surface area contributed by atoms with Crippen LogP contribution in [-0.4, -0.2) is 9.97 Å². The number of hydrogen-bond acceptors (Lipinski definition) is 2. The number of rotatable bonds is 1. The van der Waals surface area contributed by atoms with E-state index in [9.17, 15) is 13.2 Å². The SMILES string of the molecule is C/C=C/c1cnc(C(F)(F)F)nc1. The van der Waals surface area contributed by atoms with Crippen LogP contribution in [0.4, 0.5) is 13.2 Å². The van der Waals surface area contributed by atoms with E-state index in [1.54, 1.807) is 19.1 Å². The minimum Gasteiger partial charge on any atom is -0.232 e. The van der Waals surface area contributed by atoms with Crippen molar-refractivity contribution in [1.29, 1.82) is 0 Å². The van der Waals surface area contributed by atoms with Crippen LogP contribution in [0.5, 0.6) is 0 Å². The van der Waals surface area contributed by atoms with E-state index >= 15 is 0 Å². The number of hydrogen-bond donors (Lipinski definition) is 0. The van der Waals surface area contributed by atoms with Crippen LogP contribution in [0, 0.1) is 0 Å². The van der Waals surface area contributed by atoms with Gasteiger partial charge in [0, 0.05) is 18.0 Å². The summed E-state index contributed by atoms with van der Waals surface area (Å²) in [5.74, 6) is -1.11. The van der Waals surface area contributed by atoms with E-state index in [0.717, 1.165) is 12.4 Å². The molecule has 0 N–H and O–H groups in total. The van der Waals surface area contributed by atoms with E-state index < -0.39 is 12.0 Å². The molecule has 13 heavy (non-hydrogen) atoms. The first-order valence-electron chi connectivity index (χ1n) is 3.56. The van der Waals surface area contributed by atoms with Crippen molar-refractivity contribution < 1.29 is 13.2 Å². The molecule has 0 aliphatic carbocycles. The summed E-state index contributed by atoms with van der Waals surface area (Å²) < 4.78 is 35.9. The predicted molar refractivity (Wildman–Crippen MR) is 41.7 cm³/mol. The second-order valence-electron chi connectivity index (χ2n) is 2.34. The molecule has 0 aliphatic rings. The number of allylic oxidation sites excluding steroid dienone is 1. The topological polar surface area (TPSA) is 25.8 Å². The lowest BCUT2D eigenvalue weighted by molar-refractivity contribution is -0.145. The Hall–Kier alpha value is -1.39. The smallest absolute Gasteiger partial charge is 0.232 e. The molecular weight excluding hydrogens is 181 g/mol. The molecule has 1 aromatic rings. The average Bonchev–Trinajstić information content (AvgIpc) is 2.04. The summed E-state index contributed by atoms with van der Waals surface area (Å²) in [5.41, 5.74) is 0.551. The zero-order valence-corrected chi connectivity index (χ0v) is 6.84. The number of nitrogens with zero attached hydrogens (tertiary/aromatic N) is 2. The Balaban J connectivity index is 2.94. The lowest BCUT2D eigenvalue weighted by Gasteiger charge is -2.03. The molecule has 0 atom stereocenters. The third kappa shape index (κ3) is 2.54. The highest BCUT2D eigenvalue weighted by Gasteiger charge is 2.34. The minimum absolute atomic E-state index is 0.551. The van der Waals surface area contributed by atoms with Crippen molar-refractivity contribution >= 4 is 6.08 Å². The molecule has 0 amide bonds. The van der Waals surface area contributed by atoms with Crippen LogP contribution < -0.4 is 0 Å². The summed E-state index contributed by atoms with van der Waals surface area (Å²) in [6.07, 6.45) is 1.13. The largest absolute Gasteiger partial charge is 0.451 e. The minimum atomic E-state index is -4.46. The van der Waals surface area contributed by atoms with Crippen molar-refractivity contribution in [1.82, 2.24) is 9.97 Å². The second-order valence-corrected chi connectivity index (χ2v) is 2.34. The van der Waals surface area contributed by atoms with Crippen LogP contribution in [0.25, 0.3) is 6.08 Å².